The molecule has 3 rings (SSSR count). The highest BCUT2D eigenvalue weighted by atomic mass is 16.6. The summed E-state index contributed by atoms with van der Waals surface area (Å²) in [6.07, 6.45) is 6.37. The van der Waals surface area contributed by atoms with Crippen molar-refractivity contribution >= 4 is 18.1 Å². The molecule has 1 amide bonds. The minimum atomic E-state index is -0.577. The summed E-state index contributed by atoms with van der Waals surface area (Å²) in [4.78, 5) is 26.8. The van der Waals surface area contributed by atoms with Crippen LogP contribution in [0.5, 0.6) is 0 Å². The molecule has 1 aliphatic carbocycles. The van der Waals surface area contributed by atoms with Crippen LogP contribution in [-0.4, -0.2) is 49.1 Å². The zero-order chi connectivity index (χ0) is 25.6. The molecular weight excluding hydrogens is 438 g/mol. The third-order valence-electron chi connectivity index (χ3n) is 7.10. The fourth-order valence-corrected chi connectivity index (χ4v) is 4.90. The molecule has 6 heteroatoms. The molecule has 0 bridgehead atoms. The minimum Gasteiger partial charge on any atom is -0.444 e. The molecule has 1 heterocycles. The van der Waals surface area contributed by atoms with Gasteiger partial charge < -0.3 is 20.2 Å². The van der Waals surface area contributed by atoms with Gasteiger partial charge >= 0.3 is 6.09 Å². The average Bonchev–Trinajstić information content (AvgIpc) is 2.76. The van der Waals surface area contributed by atoms with Gasteiger partial charge in [0.25, 0.3) is 0 Å². The summed E-state index contributed by atoms with van der Waals surface area (Å²) in [6, 6.07) is 8.53. The quantitative estimate of drug-likeness (QED) is 0.413. The maximum absolute atomic E-state index is 13.2. The van der Waals surface area contributed by atoms with Crippen LogP contribution >= 0.6 is 0 Å². The SMILES string of the molecule is CCC(C)=C(CC=O)C1=C(Nc2ccc(C3CCC3)cc2)CCN(C(=O)OC(C)(C)C)C1CNC. The Hall–Kier alpha value is -2.60. The fourth-order valence-electron chi connectivity index (χ4n) is 4.90. The Balaban J connectivity index is 2.03. The van der Waals surface area contributed by atoms with Crippen LogP contribution in [0.1, 0.15) is 84.6 Å². The first-order valence-corrected chi connectivity index (χ1v) is 13.0. The fraction of sp³-hybridized carbons (Fsp3) is 0.586. The smallest absolute Gasteiger partial charge is 0.410 e. The van der Waals surface area contributed by atoms with Gasteiger partial charge in [-0.25, -0.2) is 4.79 Å². The molecule has 0 spiro atoms. The molecule has 0 saturated heterocycles. The first-order valence-electron chi connectivity index (χ1n) is 13.0. The summed E-state index contributed by atoms with van der Waals surface area (Å²) in [7, 11) is 1.89. The van der Waals surface area contributed by atoms with Crippen molar-refractivity contribution in [3.05, 3.63) is 52.2 Å². The molecule has 192 valence electrons. The van der Waals surface area contributed by atoms with Crippen LogP contribution in [0.25, 0.3) is 0 Å². The first kappa shape index (κ1) is 27.0. The topological polar surface area (TPSA) is 70.7 Å². The maximum Gasteiger partial charge on any atom is 0.410 e. The highest BCUT2D eigenvalue weighted by Crippen LogP contribution is 2.38. The summed E-state index contributed by atoms with van der Waals surface area (Å²) in [5.41, 5.74) is 6.16. The number of hydrogen-bond donors (Lipinski definition) is 2. The van der Waals surface area contributed by atoms with Crippen molar-refractivity contribution in [2.45, 2.75) is 90.7 Å². The number of allylic oxidation sites excluding steroid dienone is 1. The Kier molecular flexibility index (Phi) is 9.17. The van der Waals surface area contributed by atoms with Gasteiger partial charge in [-0.15, -0.1) is 0 Å². The lowest BCUT2D eigenvalue weighted by Gasteiger charge is -2.41. The number of amides is 1. The van der Waals surface area contributed by atoms with Gasteiger partial charge in [0.2, 0.25) is 0 Å². The zero-order valence-corrected chi connectivity index (χ0v) is 22.4. The molecule has 1 atom stereocenters. The van der Waals surface area contributed by atoms with Crippen molar-refractivity contribution in [2.75, 3.05) is 25.5 Å². The number of nitrogens with zero attached hydrogens (tertiary/aromatic N) is 1. The second-order valence-corrected chi connectivity index (χ2v) is 10.7. The van der Waals surface area contributed by atoms with Gasteiger partial charge in [0, 0.05) is 37.3 Å². The summed E-state index contributed by atoms with van der Waals surface area (Å²) >= 11 is 0. The van der Waals surface area contributed by atoms with E-state index < -0.39 is 5.60 Å². The molecule has 1 fully saturated rings. The minimum absolute atomic E-state index is 0.239. The number of benzene rings is 1. The molecule has 35 heavy (non-hydrogen) atoms. The number of hydrogen-bond acceptors (Lipinski definition) is 5. The predicted octanol–water partition coefficient (Wildman–Crippen LogP) is 6.16. The van der Waals surface area contributed by atoms with Crippen LogP contribution in [0, 0.1) is 0 Å². The Morgan fingerprint density at radius 2 is 1.89 bits per heavy atom. The van der Waals surface area contributed by atoms with Crippen molar-refractivity contribution in [1.82, 2.24) is 10.2 Å². The Labute approximate surface area is 211 Å². The summed E-state index contributed by atoms with van der Waals surface area (Å²) < 4.78 is 5.76. The molecule has 1 saturated carbocycles. The summed E-state index contributed by atoms with van der Waals surface area (Å²) in [5, 5.41) is 6.93. The summed E-state index contributed by atoms with van der Waals surface area (Å²) in [5.74, 6) is 0.699. The first-order chi connectivity index (χ1) is 16.7. The molecule has 0 radical (unpaired) electrons. The monoisotopic (exact) mass is 481 g/mol. The lowest BCUT2D eigenvalue weighted by atomic mass is 9.80. The second kappa shape index (κ2) is 11.9. The number of ether oxygens (including phenoxy) is 1. The second-order valence-electron chi connectivity index (χ2n) is 10.7. The van der Waals surface area contributed by atoms with Crippen LogP contribution in [0.4, 0.5) is 10.5 Å². The van der Waals surface area contributed by atoms with E-state index >= 15 is 0 Å². The molecule has 0 aromatic heterocycles. The average molecular weight is 482 g/mol. The van der Waals surface area contributed by atoms with E-state index in [-0.39, 0.29) is 12.1 Å². The third kappa shape index (κ3) is 6.75. The van der Waals surface area contributed by atoms with E-state index in [1.165, 1.54) is 30.4 Å². The van der Waals surface area contributed by atoms with Crippen molar-refractivity contribution in [3.63, 3.8) is 0 Å². The van der Waals surface area contributed by atoms with Crippen LogP contribution < -0.4 is 10.6 Å². The number of nitrogens with one attached hydrogen (secondary N) is 2. The lowest BCUT2D eigenvalue weighted by molar-refractivity contribution is -0.107. The van der Waals surface area contributed by atoms with E-state index in [9.17, 15) is 9.59 Å². The standard InChI is InChI=1S/C29H43N3O3/c1-7-20(2)24(16-18-33)27-25(31-23-13-11-22(12-14-23)21-9-8-10-21)15-17-32(26(27)19-30-6)28(34)35-29(3,4)5/h11-14,18,21,26,30-31H,7-10,15-17,19H2,1-6H3. The molecule has 1 unspecified atom stereocenters. The third-order valence-corrected chi connectivity index (χ3v) is 7.10. The van der Waals surface area contributed by atoms with Gasteiger partial charge in [-0.1, -0.05) is 31.1 Å². The molecule has 2 N–H and O–H groups in total. The zero-order valence-electron chi connectivity index (χ0n) is 22.4. The van der Waals surface area contributed by atoms with Gasteiger partial charge in [0.1, 0.15) is 11.9 Å². The number of anilines is 1. The Bertz CT molecular complexity index is 952. The maximum atomic E-state index is 13.2. The number of carbonyl (C=O) groups is 2. The number of rotatable bonds is 9. The van der Waals surface area contributed by atoms with Crippen LogP contribution in [-0.2, 0) is 9.53 Å². The van der Waals surface area contributed by atoms with E-state index in [1.807, 2.05) is 32.7 Å². The predicted molar refractivity (Wildman–Crippen MR) is 143 cm³/mol. The number of aldehydes is 1. The molecule has 1 aliphatic heterocycles. The molecule has 6 nitrogen and oxygen atoms in total. The van der Waals surface area contributed by atoms with E-state index in [0.29, 0.717) is 31.8 Å². The number of carbonyl (C=O) groups excluding carboxylic acids is 2. The Morgan fingerprint density at radius 1 is 1.20 bits per heavy atom. The normalized spacial score (nSPS) is 19.7. The highest BCUT2D eigenvalue weighted by Gasteiger charge is 2.36. The summed E-state index contributed by atoms with van der Waals surface area (Å²) in [6.45, 7) is 11.0. The van der Waals surface area contributed by atoms with Crippen LogP contribution in [0.2, 0.25) is 0 Å². The van der Waals surface area contributed by atoms with Gasteiger partial charge in [0.05, 0.1) is 6.04 Å². The largest absolute Gasteiger partial charge is 0.444 e. The van der Waals surface area contributed by atoms with Crippen LogP contribution in [0.15, 0.2) is 46.7 Å². The lowest BCUT2D eigenvalue weighted by Crippen LogP contribution is -2.52. The highest BCUT2D eigenvalue weighted by molar-refractivity contribution is 5.72. The van der Waals surface area contributed by atoms with Gasteiger partial charge in [-0.05, 0) is 88.8 Å². The van der Waals surface area contributed by atoms with Gasteiger partial charge in [0.15, 0.2) is 0 Å². The van der Waals surface area contributed by atoms with E-state index in [0.717, 1.165) is 35.2 Å². The van der Waals surface area contributed by atoms with E-state index in [2.05, 4.69) is 48.7 Å². The van der Waals surface area contributed by atoms with Crippen molar-refractivity contribution in [1.29, 1.82) is 0 Å². The molecular formula is C29H43N3O3. The Morgan fingerprint density at radius 3 is 2.40 bits per heavy atom. The van der Waals surface area contributed by atoms with Crippen LogP contribution in [0.3, 0.4) is 0 Å². The molecule has 2 aliphatic rings. The molecule has 1 aromatic rings. The van der Waals surface area contributed by atoms with E-state index in [1.54, 1.807) is 0 Å². The number of likely N-dealkylation sites (N-methyl/N-ethyl adjacent to an activating group) is 1. The van der Waals surface area contributed by atoms with Crippen molar-refractivity contribution in [3.8, 4) is 0 Å². The molecule has 1 aromatic carbocycles. The van der Waals surface area contributed by atoms with Gasteiger partial charge in [-0.2, -0.15) is 0 Å². The van der Waals surface area contributed by atoms with Crippen molar-refractivity contribution < 1.29 is 14.3 Å². The van der Waals surface area contributed by atoms with Gasteiger partial charge in [-0.3, -0.25) is 4.90 Å². The van der Waals surface area contributed by atoms with Crippen molar-refractivity contribution in [2.24, 2.45) is 0 Å². The van der Waals surface area contributed by atoms with E-state index in [4.69, 9.17) is 4.74 Å².